The van der Waals surface area contributed by atoms with Crippen LogP contribution in [0.1, 0.15) is 29.7 Å². The Labute approximate surface area is 159 Å². The van der Waals surface area contributed by atoms with Crippen LogP contribution in [0.5, 0.6) is 0 Å². The Bertz CT molecular complexity index is 939. The van der Waals surface area contributed by atoms with Gasteiger partial charge in [0.15, 0.2) is 5.16 Å². The molecule has 0 aromatic carbocycles. The number of hydrogen-bond donors (Lipinski definition) is 1. The van der Waals surface area contributed by atoms with Crippen LogP contribution in [0.15, 0.2) is 22.6 Å². The number of allylic oxidation sites excluding steroid dienone is 1. The molecule has 0 bridgehead atoms. The van der Waals surface area contributed by atoms with E-state index in [4.69, 9.17) is 10.2 Å². The number of nitrogens with zero attached hydrogens (tertiary/aromatic N) is 3. The molecule has 1 aliphatic rings. The molecule has 8 heteroatoms. The van der Waals surface area contributed by atoms with E-state index in [1.165, 1.54) is 16.6 Å². The summed E-state index contributed by atoms with van der Waals surface area (Å²) in [5.41, 5.74) is 1.12. The molecule has 1 N–H and O–H groups in total. The molecule has 0 unspecified atom stereocenters. The van der Waals surface area contributed by atoms with Crippen LogP contribution in [0, 0.1) is 11.3 Å². The number of nitrogens with one attached hydrogen (secondary N) is 1. The molecular formula is C18H20N4O2S2. The summed E-state index contributed by atoms with van der Waals surface area (Å²) in [6.07, 6.45) is 6.17. The topological polar surface area (TPSA) is 87.8 Å². The molecule has 0 spiro atoms. The van der Waals surface area contributed by atoms with E-state index in [1.807, 2.05) is 6.07 Å². The van der Waals surface area contributed by atoms with Gasteiger partial charge in [0.05, 0.1) is 23.6 Å². The summed E-state index contributed by atoms with van der Waals surface area (Å²) in [5.74, 6) is -0.0127. The maximum atomic E-state index is 13.1. The zero-order valence-corrected chi connectivity index (χ0v) is 16.0. The molecule has 1 amide bonds. The van der Waals surface area contributed by atoms with Crippen LogP contribution in [-0.4, -0.2) is 27.8 Å². The number of carbonyl (C=O) groups excluding carboxylic acids is 1. The molecule has 2 aromatic heterocycles. The monoisotopic (exact) mass is 388 g/mol. The van der Waals surface area contributed by atoms with Crippen molar-refractivity contribution < 1.29 is 4.79 Å². The number of amides is 1. The van der Waals surface area contributed by atoms with Crippen molar-refractivity contribution in [3.63, 3.8) is 0 Å². The molecule has 6 nitrogen and oxygen atoms in total. The van der Waals surface area contributed by atoms with Gasteiger partial charge in [0.25, 0.3) is 5.56 Å². The van der Waals surface area contributed by atoms with Crippen molar-refractivity contribution in [2.45, 2.75) is 43.8 Å². The fraction of sp³-hybridized carbons (Fsp3) is 0.444. The van der Waals surface area contributed by atoms with Crippen LogP contribution in [0.3, 0.4) is 0 Å². The third kappa shape index (κ3) is 3.84. The first-order chi connectivity index (χ1) is 12.7. The highest BCUT2D eigenvalue weighted by atomic mass is 32.2. The lowest BCUT2D eigenvalue weighted by Gasteiger charge is -2.12. The van der Waals surface area contributed by atoms with Gasteiger partial charge in [-0.3, -0.25) is 14.2 Å². The van der Waals surface area contributed by atoms with Crippen molar-refractivity contribution >= 4 is 39.2 Å². The van der Waals surface area contributed by atoms with Crippen LogP contribution in [0.4, 0.5) is 0 Å². The van der Waals surface area contributed by atoms with Crippen molar-refractivity contribution in [1.82, 2.24) is 14.9 Å². The van der Waals surface area contributed by atoms with Gasteiger partial charge < -0.3 is 5.32 Å². The Hall–Kier alpha value is -2.11. The molecule has 0 fully saturated rings. The normalized spacial score (nSPS) is 13.2. The zero-order valence-electron chi connectivity index (χ0n) is 14.4. The second-order valence-electron chi connectivity index (χ2n) is 6.04. The summed E-state index contributed by atoms with van der Waals surface area (Å²) in [7, 11) is 0. The van der Waals surface area contributed by atoms with Crippen molar-refractivity contribution in [3.05, 3.63) is 33.4 Å². The quantitative estimate of drug-likeness (QED) is 0.341. The molecular weight excluding hydrogens is 368 g/mol. The number of aromatic nitrogens is 2. The second kappa shape index (κ2) is 8.52. The summed E-state index contributed by atoms with van der Waals surface area (Å²) < 4.78 is 1.60. The van der Waals surface area contributed by atoms with Crippen LogP contribution in [-0.2, 0) is 24.2 Å². The van der Waals surface area contributed by atoms with Crippen LogP contribution < -0.4 is 10.9 Å². The predicted molar refractivity (Wildman–Crippen MR) is 105 cm³/mol. The van der Waals surface area contributed by atoms with Gasteiger partial charge in [-0.2, -0.15) is 5.26 Å². The molecule has 0 saturated heterocycles. The summed E-state index contributed by atoms with van der Waals surface area (Å²) in [4.78, 5) is 31.7. The van der Waals surface area contributed by atoms with E-state index in [2.05, 4.69) is 11.9 Å². The van der Waals surface area contributed by atoms with E-state index in [0.29, 0.717) is 18.2 Å². The molecule has 2 aromatic rings. The highest BCUT2D eigenvalue weighted by molar-refractivity contribution is 7.99. The second-order valence-corrected chi connectivity index (χ2v) is 8.06. The first-order valence-electron chi connectivity index (χ1n) is 8.58. The minimum Gasteiger partial charge on any atom is -0.354 e. The van der Waals surface area contributed by atoms with Gasteiger partial charge in [-0.25, -0.2) is 4.98 Å². The van der Waals surface area contributed by atoms with Crippen LogP contribution >= 0.6 is 23.1 Å². The van der Waals surface area contributed by atoms with Gasteiger partial charge in [-0.1, -0.05) is 17.8 Å². The molecule has 0 radical (unpaired) electrons. The van der Waals surface area contributed by atoms with Crippen molar-refractivity contribution in [3.8, 4) is 6.07 Å². The Morgan fingerprint density at radius 3 is 3.04 bits per heavy atom. The lowest BCUT2D eigenvalue weighted by molar-refractivity contribution is -0.118. The third-order valence-corrected chi connectivity index (χ3v) is 6.40. The molecule has 2 heterocycles. The van der Waals surface area contributed by atoms with Crippen molar-refractivity contribution in [2.75, 3.05) is 12.3 Å². The average molecular weight is 389 g/mol. The summed E-state index contributed by atoms with van der Waals surface area (Å²) in [6.45, 7) is 4.43. The van der Waals surface area contributed by atoms with E-state index in [-0.39, 0.29) is 23.6 Å². The fourth-order valence-corrected chi connectivity index (χ4v) is 5.20. The van der Waals surface area contributed by atoms with Crippen LogP contribution in [0.2, 0.25) is 0 Å². The summed E-state index contributed by atoms with van der Waals surface area (Å²) in [6, 6.07) is 1.98. The molecule has 0 saturated carbocycles. The molecule has 0 aliphatic heterocycles. The molecule has 0 atom stereocenters. The molecule has 1 aliphatic carbocycles. The number of rotatable bonds is 7. The number of carbonyl (C=O) groups is 1. The Morgan fingerprint density at radius 2 is 2.27 bits per heavy atom. The zero-order chi connectivity index (χ0) is 18.5. The van der Waals surface area contributed by atoms with Gasteiger partial charge >= 0.3 is 0 Å². The maximum Gasteiger partial charge on any atom is 0.263 e. The number of aryl methyl sites for hydroxylation is 2. The SMILES string of the molecule is C=CCn1c(SCC(=O)NCCC#N)nc2sc3c(c2c1=O)CCCC3. The standard InChI is InChI=1S/C18H20N4O2S2/c1-2-10-22-17(24)15-12-6-3-4-7-13(12)26-16(15)21-18(22)25-11-14(23)20-9-5-8-19/h2H,1,3-7,9-11H2,(H,20,23). The highest BCUT2D eigenvalue weighted by Crippen LogP contribution is 2.34. The summed E-state index contributed by atoms with van der Waals surface area (Å²) >= 11 is 2.85. The minimum atomic E-state index is -0.171. The van der Waals surface area contributed by atoms with E-state index in [9.17, 15) is 9.59 Å². The largest absolute Gasteiger partial charge is 0.354 e. The lowest BCUT2D eigenvalue weighted by atomic mass is 9.97. The highest BCUT2D eigenvalue weighted by Gasteiger charge is 2.22. The van der Waals surface area contributed by atoms with Gasteiger partial charge in [0.1, 0.15) is 4.83 Å². The first-order valence-corrected chi connectivity index (χ1v) is 10.4. The first kappa shape index (κ1) is 18.7. The fourth-order valence-electron chi connectivity index (χ4n) is 3.06. The van der Waals surface area contributed by atoms with Gasteiger partial charge in [-0.05, 0) is 31.2 Å². The third-order valence-electron chi connectivity index (χ3n) is 4.24. The Kier molecular flexibility index (Phi) is 6.12. The number of thioether (sulfide) groups is 1. The molecule has 136 valence electrons. The lowest BCUT2D eigenvalue weighted by Crippen LogP contribution is -2.27. The number of hydrogen-bond acceptors (Lipinski definition) is 6. The predicted octanol–water partition coefficient (Wildman–Crippen LogP) is 2.64. The van der Waals surface area contributed by atoms with Gasteiger partial charge in [0, 0.05) is 18.0 Å². The smallest absolute Gasteiger partial charge is 0.263 e. The maximum absolute atomic E-state index is 13.1. The Morgan fingerprint density at radius 1 is 1.46 bits per heavy atom. The Balaban J connectivity index is 1.90. The van der Waals surface area contributed by atoms with Gasteiger partial charge in [-0.15, -0.1) is 17.9 Å². The molecule has 3 rings (SSSR count). The van der Waals surface area contributed by atoms with E-state index in [0.717, 1.165) is 41.5 Å². The number of thiophene rings is 1. The summed E-state index contributed by atoms with van der Waals surface area (Å²) in [5, 5.41) is 12.5. The van der Waals surface area contributed by atoms with Gasteiger partial charge in [0.2, 0.25) is 5.91 Å². The van der Waals surface area contributed by atoms with E-state index < -0.39 is 0 Å². The van der Waals surface area contributed by atoms with E-state index in [1.54, 1.807) is 22.0 Å². The van der Waals surface area contributed by atoms with Crippen molar-refractivity contribution in [1.29, 1.82) is 5.26 Å². The van der Waals surface area contributed by atoms with E-state index >= 15 is 0 Å². The molecule has 26 heavy (non-hydrogen) atoms. The minimum absolute atomic E-state index is 0.0401. The number of fused-ring (bicyclic) bond motifs is 3. The van der Waals surface area contributed by atoms with Crippen molar-refractivity contribution in [2.24, 2.45) is 0 Å². The average Bonchev–Trinajstić information content (AvgIpc) is 3.01. The number of nitriles is 1. The van der Waals surface area contributed by atoms with Crippen LogP contribution in [0.25, 0.3) is 10.2 Å².